The Morgan fingerprint density at radius 3 is 1.56 bits per heavy atom. The molecule has 0 unspecified atom stereocenters. The van der Waals surface area contributed by atoms with E-state index < -0.39 is 18.4 Å². The molecular formula is C16H33BrSn. The van der Waals surface area contributed by atoms with Crippen LogP contribution in [0.15, 0.2) is 12.2 Å². The topological polar surface area (TPSA) is 0 Å². The first-order chi connectivity index (χ1) is 8.74. The standard InChI is InChI=1S/C4H6Br.3C4H9.Sn/c1-2-3-4-5;3*1-3-4-2;/h2-3H,1,4H2;3*1,3-4H2,2H3;/b3-2-;;;;. The van der Waals surface area contributed by atoms with Crippen molar-refractivity contribution in [2.75, 3.05) is 5.33 Å². The van der Waals surface area contributed by atoms with Gasteiger partial charge in [0, 0.05) is 0 Å². The van der Waals surface area contributed by atoms with Crippen LogP contribution in [0.3, 0.4) is 0 Å². The third-order valence-corrected chi connectivity index (χ3v) is 19.6. The number of hydrogen-bond acceptors (Lipinski definition) is 0. The summed E-state index contributed by atoms with van der Waals surface area (Å²) in [4.78, 5) is 0. The van der Waals surface area contributed by atoms with Crippen LogP contribution in [0.1, 0.15) is 59.3 Å². The summed E-state index contributed by atoms with van der Waals surface area (Å²) in [6.07, 6.45) is 13.5. The first-order valence-corrected chi connectivity index (χ1v) is 17.1. The van der Waals surface area contributed by atoms with Crippen LogP contribution < -0.4 is 0 Å². The summed E-state index contributed by atoms with van der Waals surface area (Å²) in [5, 5.41) is 1.03. The number of alkyl halides is 1. The fourth-order valence-corrected chi connectivity index (χ4v) is 18.2. The second kappa shape index (κ2) is 13.0. The maximum absolute atomic E-state index is 3.51. The second-order valence-corrected chi connectivity index (χ2v) is 20.3. The normalized spacial score (nSPS) is 12.4. The molecule has 0 aliphatic rings. The molecule has 18 heavy (non-hydrogen) atoms. The fourth-order valence-electron chi connectivity index (χ4n) is 2.73. The monoisotopic (exact) mass is 424 g/mol. The van der Waals surface area contributed by atoms with E-state index in [0.29, 0.717) is 0 Å². The molecule has 2 heteroatoms. The number of rotatable bonds is 12. The van der Waals surface area contributed by atoms with Gasteiger partial charge in [0.1, 0.15) is 0 Å². The van der Waals surface area contributed by atoms with Crippen molar-refractivity contribution >= 4 is 34.3 Å². The first kappa shape index (κ1) is 19.0. The molecule has 0 fully saturated rings. The molecule has 0 saturated carbocycles. The van der Waals surface area contributed by atoms with Gasteiger partial charge in [-0.15, -0.1) is 0 Å². The van der Waals surface area contributed by atoms with Gasteiger partial charge in [0.15, 0.2) is 0 Å². The van der Waals surface area contributed by atoms with Crippen molar-refractivity contribution in [1.29, 1.82) is 0 Å². The van der Waals surface area contributed by atoms with Crippen LogP contribution in [0.4, 0.5) is 0 Å². The van der Waals surface area contributed by atoms with Crippen LogP contribution in [0.5, 0.6) is 0 Å². The van der Waals surface area contributed by atoms with Crippen molar-refractivity contribution < 1.29 is 0 Å². The van der Waals surface area contributed by atoms with Crippen molar-refractivity contribution in [1.82, 2.24) is 0 Å². The van der Waals surface area contributed by atoms with Crippen molar-refractivity contribution in [2.45, 2.75) is 77.0 Å². The molecule has 108 valence electrons. The Hall–Kier alpha value is 1.02. The Morgan fingerprint density at radius 2 is 1.22 bits per heavy atom. The zero-order valence-corrected chi connectivity index (χ0v) is 17.3. The van der Waals surface area contributed by atoms with Gasteiger partial charge < -0.3 is 0 Å². The number of halogens is 1. The molecule has 0 aliphatic carbocycles. The quantitative estimate of drug-likeness (QED) is 0.184. The molecule has 0 N–H and O–H groups in total. The summed E-state index contributed by atoms with van der Waals surface area (Å²) in [7, 11) is 0. The van der Waals surface area contributed by atoms with Gasteiger partial charge in [0.05, 0.1) is 0 Å². The molecule has 0 amide bonds. The van der Waals surface area contributed by atoms with Crippen LogP contribution in [0.2, 0.25) is 17.7 Å². The van der Waals surface area contributed by atoms with Crippen molar-refractivity contribution in [2.24, 2.45) is 0 Å². The molecule has 0 radical (unpaired) electrons. The molecular weight excluding hydrogens is 391 g/mol. The Bertz CT molecular complexity index is 179. The summed E-state index contributed by atoms with van der Waals surface area (Å²) in [5.41, 5.74) is 0. The van der Waals surface area contributed by atoms with E-state index in [0.717, 1.165) is 5.33 Å². The molecule has 0 spiro atoms. The molecule has 0 aromatic heterocycles. The first-order valence-electron chi connectivity index (χ1n) is 7.95. The molecule has 0 aliphatic heterocycles. The summed E-state index contributed by atoms with van der Waals surface area (Å²) in [5.74, 6) is 0. The van der Waals surface area contributed by atoms with Crippen LogP contribution in [-0.4, -0.2) is 23.7 Å². The molecule has 0 atom stereocenters. The number of allylic oxidation sites excluding steroid dienone is 2. The van der Waals surface area contributed by atoms with E-state index in [1.165, 1.54) is 43.0 Å². The molecule has 0 bridgehead atoms. The van der Waals surface area contributed by atoms with Gasteiger partial charge in [-0.1, -0.05) is 0 Å². The van der Waals surface area contributed by atoms with Gasteiger partial charge in [0.2, 0.25) is 0 Å². The zero-order chi connectivity index (χ0) is 13.7. The Kier molecular flexibility index (Phi) is 13.8. The van der Waals surface area contributed by atoms with Crippen LogP contribution in [0, 0.1) is 0 Å². The van der Waals surface area contributed by atoms with Crippen molar-refractivity contribution in [3.8, 4) is 0 Å². The summed E-state index contributed by atoms with van der Waals surface area (Å²) < 4.78 is 6.41. The minimum atomic E-state index is -1.82. The van der Waals surface area contributed by atoms with E-state index in [1.807, 2.05) is 0 Å². The molecule has 0 aromatic rings. The van der Waals surface area contributed by atoms with Gasteiger partial charge in [-0.05, 0) is 0 Å². The van der Waals surface area contributed by atoms with Gasteiger partial charge in [0.25, 0.3) is 0 Å². The van der Waals surface area contributed by atoms with Crippen molar-refractivity contribution in [3.05, 3.63) is 12.2 Å². The molecule has 0 heterocycles. The fraction of sp³-hybridized carbons (Fsp3) is 0.875. The maximum atomic E-state index is 3.51. The average Bonchev–Trinajstić information content (AvgIpc) is 2.40. The Morgan fingerprint density at radius 1 is 0.778 bits per heavy atom. The second-order valence-electron chi connectivity index (χ2n) is 5.64. The molecule has 0 rings (SSSR count). The summed E-state index contributed by atoms with van der Waals surface area (Å²) in [6, 6.07) is 0. The Labute approximate surface area is 128 Å². The number of unbranched alkanes of at least 4 members (excludes halogenated alkanes) is 3. The van der Waals surface area contributed by atoms with E-state index in [1.54, 1.807) is 13.3 Å². The Balaban J connectivity index is 4.56. The van der Waals surface area contributed by atoms with Crippen LogP contribution >= 0.6 is 15.9 Å². The SMILES string of the molecule is CCC[CH2][Sn]([CH2]/C=C\CBr)([CH2]CCC)[CH2]CCC. The molecule has 0 aromatic carbocycles. The van der Waals surface area contributed by atoms with Crippen LogP contribution in [0.25, 0.3) is 0 Å². The van der Waals surface area contributed by atoms with Gasteiger partial charge in [-0.3, -0.25) is 0 Å². The zero-order valence-electron chi connectivity index (χ0n) is 12.8. The van der Waals surface area contributed by atoms with E-state index in [-0.39, 0.29) is 0 Å². The van der Waals surface area contributed by atoms with E-state index in [2.05, 4.69) is 48.9 Å². The third-order valence-electron chi connectivity index (χ3n) is 3.99. The molecule has 0 nitrogen and oxygen atoms in total. The predicted molar refractivity (Wildman–Crippen MR) is 92.6 cm³/mol. The summed E-state index contributed by atoms with van der Waals surface area (Å²) in [6.45, 7) is 7.06. The third kappa shape index (κ3) is 9.01. The van der Waals surface area contributed by atoms with E-state index in [4.69, 9.17) is 0 Å². The van der Waals surface area contributed by atoms with Crippen molar-refractivity contribution in [3.63, 3.8) is 0 Å². The predicted octanol–water partition coefficient (Wildman–Crippen LogP) is 6.79. The van der Waals surface area contributed by atoms with Gasteiger partial charge in [-0.2, -0.15) is 0 Å². The minimum absolute atomic E-state index is 1.03. The van der Waals surface area contributed by atoms with Gasteiger partial charge in [-0.25, -0.2) is 0 Å². The summed E-state index contributed by atoms with van der Waals surface area (Å²) >= 11 is 1.69. The number of hydrogen-bond donors (Lipinski definition) is 0. The average molecular weight is 424 g/mol. The van der Waals surface area contributed by atoms with E-state index >= 15 is 0 Å². The van der Waals surface area contributed by atoms with Gasteiger partial charge >= 0.3 is 129 Å². The van der Waals surface area contributed by atoms with E-state index in [9.17, 15) is 0 Å². The molecule has 0 saturated heterocycles. The van der Waals surface area contributed by atoms with Crippen LogP contribution in [-0.2, 0) is 0 Å².